The summed E-state index contributed by atoms with van der Waals surface area (Å²) in [6.45, 7) is 2.18. The number of fused-ring (bicyclic) bond motifs is 1. The van der Waals surface area contributed by atoms with E-state index in [9.17, 15) is 17.2 Å². The molecular weight excluding hydrogens is 374 g/mol. The number of nitrogens with one attached hydrogen (secondary N) is 1. The van der Waals surface area contributed by atoms with Crippen LogP contribution in [0.4, 0.5) is 14.6 Å². The largest absolute Gasteiger partial charge is 0.382 e. The number of halogens is 2. The number of aromatic nitrogens is 2. The molecule has 1 saturated heterocycles. The highest BCUT2D eigenvalue weighted by Crippen LogP contribution is 2.36. The van der Waals surface area contributed by atoms with Crippen molar-refractivity contribution in [3.8, 4) is 11.1 Å². The average molecular weight is 392 g/mol. The van der Waals surface area contributed by atoms with Crippen molar-refractivity contribution in [1.29, 1.82) is 0 Å². The first kappa shape index (κ1) is 17.9. The van der Waals surface area contributed by atoms with Gasteiger partial charge in [0, 0.05) is 5.39 Å². The van der Waals surface area contributed by atoms with Gasteiger partial charge in [0.05, 0.1) is 23.5 Å². The quantitative estimate of drug-likeness (QED) is 0.717. The second-order valence-electron chi connectivity index (χ2n) is 6.88. The molecule has 1 aliphatic heterocycles. The molecule has 6 nitrogen and oxygen atoms in total. The minimum Gasteiger partial charge on any atom is -0.382 e. The van der Waals surface area contributed by atoms with Gasteiger partial charge in [-0.05, 0) is 54.3 Å². The third kappa shape index (κ3) is 2.78. The van der Waals surface area contributed by atoms with Gasteiger partial charge in [-0.1, -0.05) is 12.1 Å². The van der Waals surface area contributed by atoms with Crippen LogP contribution in [0.15, 0.2) is 35.2 Å². The van der Waals surface area contributed by atoms with E-state index >= 15 is 0 Å². The second-order valence-corrected chi connectivity index (χ2v) is 8.81. The third-order valence-corrected chi connectivity index (χ3v) is 6.75. The average Bonchev–Trinajstić information content (AvgIpc) is 2.95. The number of rotatable bonds is 3. The van der Waals surface area contributed by atoms with Crippen LogP contribution in [0, 0.1) is 13.8 Å². The van der Waals surface area contributed by atoms with Gasteiger partial charge in [-0.25, -0.2) is 17.2 Å². The zero-order valence-electron chi connectivity index (χ0n) is 14.8. The Hall–Kier alpha value is -2.52. The van der Waals surface area contributed by atoms with Crippen molar-refractivity contribution in [3.63, 3.8) is 0 Å². The second kappa shape index (κ2) is 5.74. The van der Waals surface area contributed by atoms with Crippen LogP contribution in [-0.4, -0.2) is 41.9 Å². The first-order chi connectivity index (χ1) is 12.6. The van der Waals surface area contributed by atoms with Gasteiger partial charge in [0.25, 0.3) is 5.92 Å². The molecule has 4 rings (SSSR count). The topological polar surface area (TPSA) is 92.1 Å². The first-order valence-corrected chi connectivity index (χ1v) is 9.76. The zero-order valence-corrected chi connectivity index (χ0v) is 15.6. The summed E-state index contributed by atoms with van der Waals surface area (Å²) in [5.74, 6) is -2.54. The van der Waals surface area contributed by atoms with Crippen molar-refractivity contribution in [3.05, 3.63) is 41.5 Å². The van der Waals surface area contributed by atoms with Crippen molar-refractivity contribution >= 4 is 26.7 Å². The van der Waals surface area contributed by atoms with Gasteiger partial charge >= 0.3 is 0 Å². The monoisotopic (exact) mass is 392 g/mol. The first-order valence-electron chi connectivity index (χ1n) is 8.32. The van der Waals surface area contributed by atoms with Gasteiger partial charge in [-0.2, -0.15) is 9.40 Å². The summed E-state index contributed by atoms with van der Waals surface area (Å²) in [4.78, 5) is 0.0146. The number of nitrogens with two attached hydrogens (primary N) is 1. The Morgan fingerprint density at radius 2 is 1.81 bits per heavy atom. The molecule has 0 amide bonds. The lowest BCUT2D eigenvalue weighted by molar-refractivity contribution is -0.0945. The molecule has 0 aliphatic carbocycles. The number of aryl methyl sites for hydroxylation is 2. The molecule has 0 spiro atoms. The van der Waals surface area contributed by atoms with E-state index < -0.39 is 29.0 Å². The molecular formula is C18H18F2N4O2S. The Balaban J connectivity index is 1.75. The van der Waals surface area contributed by atoms with Crippen LogP contribution in [0.25, 0.3) is 22.0 Å². The lowest BCUT2D eigenvalue weighted by atomic mass is 9.94. The fourth-order valence-electron chi connectivity index (χ4n) is 3.49. The number of alkyl halides is 2. The molecule has 3 aromatic rings. The van der Waals surface area contributed by atoms with Crippen LogP contribution in [0.2, 0.25) is 0 Å². The van der Waals surface area contributed by atoms with Crippen molar-refractivity contribution in [2.75, 3.05) is 18.8 Å². The standard InChI is InChI=1S/C18H18F2N4O2S/c1-10-7-12(27(25,26)24-8-18(19,20)9-24)3-4-13(10)14-5-6-15-16(11(14)2)17(21)23-22-15/h3-7H,8-9H2,1-2H3,(H3,21,22,23). The van der Waals surface area contributed by atoms with Gasteiger partial charge < -0.3 is 5.73 Å². The van der Waals surface area contributed by atoms with Crippen LogP contribution in [-0.2, 0) is 10.0 Å². The van der Waals surface area contributed by atoms with Crippen molar-refractivity contribution < 1.29 is 17.2 Å². The number of hydrogen-bond acceptors (Lipinski definition) is 4. The number of aromatic amines is 1. The highest BCUT2D eigenvalue weighted by molar-refractivity contribution is 7.89. The summed E-state index contributed by atoms with van der Waals surface area (Å²) in [7, 11) is -3.92. The molecule has 2 heterocycles. The highest BCUT2D eigenvalue weighted by atomic mass is 32.2. The lowest BCUT2D eigenvalue weighted by Gasteiger charge is -2.37. The fraction of sp³-hybridized carbons (Fsp3) is 0.278. The summed E-state index contributed by atoms with van der Waals surface area (Å²) < 4.78 is 51.9. The van der Waals surface area contributed by atoms with Crippen molar-refractivity contribution in [2.24, 2.45) is 0 Å². The van der Waals surface area contributed by atoms with Gasteiger partial charge in [-0.3, -0.25) is 5.10 Å². The van der Waals surface area contributed by atoms with Gasteiger partial charge in [0.15, 0.2) is 5.82 Å². The molecule has 3 N–H and O–H groups in total. The Morgan fingerprint density at radius 3 is 2.44 bits per heavy atom. The highest BCUT2D eigenvalue weighted by Gasteiger charge is 2.49. The number of benzene rings is 2. The van der Waals surface area contributed by atoms with Crippen molar-refractivity contribution in [1.82, 2.24) is 14.5 Å². The lowest BCUT2D eigenvalue weighted by Crippen LogP contribution is -2.58. The molecule has 9 heteroatoms. The summed E-state index contributed by atoms with van der Waals surface area (Å²) in [5, 5.41) is 7.70. The zero-order chi connectivity index (χ0) is 19.6. The maximum Gasteiger partial charge on any atom is 0.275 e. The predicted octanol–water partition coefficient (Wildman–Crippen LogP) is 3.07. The Labute approximate surface area is 155 Å². The van der Waals surface area contributed by atoms with E-state index in [1.54, 1.807) is 13.0 Å². The van der Waals surface area contributed by atoms with E-state index in [-0.39, 0.29) is 4.90 Å². The molecule has 0 bridgehead atoms. The van der Waals surface area contributed by atoms with E-state index in [2.05, 4.69) is 10.2 Å². The molecule has 142 valence electrons. The summed E-state index contributed by atoms with van der Waals surface area (Å²) >= 11 is 0. The van der Waals surface area contributed by atoms with Gasteiger partial charge in [0.2, 0.25) is 10.0 Å². The number of anilines is 1. The number of hydrogen-bond donors (Lipinski definition) is 2. The minimum atomic E-state index is -3.92. The van der Waals surface area contributed by atoms with Crippen LogP contribution in [0.5, 0.6) is 0 Å². The number of nitrogen functional groups attached to an aromatic ring is 1. The van der Waals surface area contributed by atoms with Crippen LogP contribution in [0.3, 0.4) is 0 Å². The van der Waals surface area contributed by atoms with Gasteiger partial charge in [0.1, 0.15) is 0 Å². The van der Waals surface area contributed by atoms with E-state index in [1.165, 1.54) is 12.1 Å². The third-order valence-electron chi connectivity index (χ3n) is 4.96. The van der Waals surface area contributed by atoms with Crippen LogP contribution >= 0.6 is 0 Å². The molecule has 0 unspecified atom stereocenters. The maximum absolute atomic E-state index is 13.1. The summed E-state index contributed by atoms with van der Waals surface area (Å²) in [5.41, 5.74) is 10.2. The smallest absolute Gasteiger partial charge is 0.275 e. The van der Waals surface area contributed by atoms with E-state index in [0.717, 1.165) is 37.5 Å². The maximum atomic E-state index is 13.1. The summed E-state index contributed by atoms with van der Waals surface area (Å²) in [6.07, 6.45) is 0. The molecule has 0 radical (unpaired) electrons. The fourth-order valence-corrected chi connectivity index (χ4v) is 5.07. The van der Waals surface area contributed by atoms with E-state index in [0.29, 0.717) is 5.82 Å². The molecule has 0 atom stereocenters. The Bertz CT molecular complexity index is 1160. The van der Waals surface area contributed by atoms with E-state index in [1.807, 2.05) is 19.1 Å². The molecule has 1 aliphatic rings. The van der Waals surface area contributed by atoms with Crippen LogP contribution in [0.1, 0.15) is 11.1 Å². The van der Waals surface area contributed by atoms with E-state index in [4.69, 9.17) is 5.73 Å². The molecule has 0 saturated carbocycles. The van der Waals surface area contributed by atoms with Gasteiger partial charge in [-0.15, -0.1) is 0 Å². The number of sulfonamides is 1. The van der Waals surface area contributed by atoms with Crippen LogP contribution < -0.4 is 5.73 Å². The molecule has 1 aromatic heterocycles. The summed E-state index contributed by atoms with van der Waals surface area (Å²) in [6, 6.07) is 8.46. The minimum absolute atomic E-state index is 0.0146. The number of H-pyrrole nitrogens is 1. The number of nitrogens with zero attached hydrogens (tertiary/aromatic N) is 2. The normalized spacial score (nSPS) is 17.2. The molecule has 27 heavy (non-hydrogen) atoms. The SMILES string of the molecule is Cc1cc(S(=O)(=O)N2CC(F)(F)C2)ccc1-c1ccc2[nH]nc(N)c2c1C. The molecule has 1 fully saturated rings. The Morgan fingerprint density at radius 1 is 1.15 bits per heavy atom. The Kier molecular flexibility index (Phi) is 3.80. The molecule has 2 aromatic carbocycles. The van der Waals surface area contributed by atoms with Crippen molar-refractivity contribution in [2.45, 2.75) is 24.7 Å². The predicted molar refractivity (Wildman–Crippen MR) is 99.1 cm³/mol.